The molecule has 1 heterocycles. The summed E-state index contributed by atoms with van der Waals surface area (Å²) < 4.78 is 4.95. The number of hydrogen-bond acceptors (Lipinski definition) is 5. The maximum atomic E-state index is 11.8. The minimum atomic E-state index is -0.462. The van der Waals surface area contributed by atoms with Crippen molar-refractivity contribution < 1.29 is 14.3 Å². The van der Waals surface area contributed by atoms with Gasteiger partial charge >= 0.3 is 5.97 Å². The lowest BCUT2D eigenvalue weighted by atomic mass is 10.1. The van der Waals surface area contributed by atoms with Crippen molar-refractivity contribution in [2.45, 2.75) is 33.1 Å². The number of nitrogens with zero attached hydrogens (tertiary/aromatic N) is 1. The number of unbranched alkanes of at least 4 members (excludes halogenated alkanes) is 1. The second-order valence-electron chi connectivity index (χ2n) is 4.29. The predicted molar refractivity (Wildman–Crippen MR) is 86.0 cm³/mol. The Balaban J connectivity index is 2.87. The summed E-state index contributed by atoms with van der Waals surface area (Å²) in [6.07, 6.45) is 2.08. The zero-order valence-corrected chi connectivity index (χ0v) is 14.4. The molecule has 0 aliphatic carbocycles. The predicted octanol–water partition coefficient (Wildman–Crippen LogP) is 3.61. The zero-order valence-electron chi connectivity index (χ0n) is 12.0. The maximum absolute atomic E-state index is 11.8. The molecule has 0 saturated heterocycles. The number of thiophene rings is 1. The van der Waals surface area contributed by atoms with Gasteiger partial charge in [0.25, 0.3) is 0 Å². The van der Waals surface area contributed by atoms with Gasteiger partial charge in [-0.15, -0.1) is 11.3 Å². The molecule has 0 fully saturated rings. The van der Waals surface area contributed by atoms with Crippen LogP contribution in [0.25, 0.3) is 0 Å². The van der Waals surface area contributed by atoms with Gasteiger partial charge in [-0.2, -0.15) is 5.26 Å². The molecule has 0 unspecified atom stereocenters. The van der Waals surface area contributed by atoms with Crippen LogP contribution < -0.4 is 5.32 Å². The van der Waals surface area contributed by atoms with Crippen LogP contribution in [0.4, 0.5) is 5.00 Å². The van der Waals surface area contributed by atoms with Gasteiger partial charge in [0.15, 0.2) is 0 Å². The Labute approximate surface area is 136 Å². The highest BCUT2D eigenvalue weighted by atomic mass is 79.9. The van der Waals surface area contributed by atoms with Crippen LogP contribution in [0, 0.1) is 18.3 Å². The number of halogens is 1. The first-order chi connectivity index (χ1) is 10.0. The average molecular weight is 373 g/mol. The van der Waals surface area contributed by atoms with Gasteiger partial charge in [0.05, 0.1) is 12.2 Å². The Kier molecular flexibility index (Phi) is 7.40. The van der Waals surface area contributed by atoms with Crippen molar-refractivity contribution in [1.29, 1.82) is 5.26 Å². The average Bonchev–Trinajstić information content (AvgIpc) is 2.75. The summed E-state index contributed by atoms with van der Waals surface area (Å²) >= 11 is 4.40. The van der Waals surface area contributed by atoms with Crippen LogP contribution >= 0.6 is 27.3 Å². The highest BCUT2D eigenvalue weighted by molar-refractivity contribution is 9.09. The number of nitrogens with one attached hydrogen (secondary N) is 1. The standard InChI is InChI=1S/C14H17BrN2O3S/c1-3-20-14(19)12-9(2)10(8-16)13(21-12)17-11(18)6-4-5-7-15/h3-7H2,1-2H3,(H,17,18). The molecule has 0 bridgehead atoms. The van der Waals surface area contributed by atoms with Crippen molar-refractivity contribution in [1.82, 2.24) is 0 Å². The lowest BCUT2D eigenvalue weighted by Gasteiger charge is -2.02. The molecular weight excluding hydrogens is 356 g/mol. The zero-order chi connectivity index (χ0) is 15.8. The van der Waals surface area contributed by atoms with E-state index in [0.717, 1.165) is 29.5 Å². The number of anilines is 1. The summed E-state index contributed by atoms with van der Waals surface area (Å²) in [5, 5.41) is 13.2. The van der Waals surface area contributed by atoms with E-state index in [1.165, 1.54) is 0 Å². The van der Waals surface area contributed by atoms with Crippen LogP contribution in [0.2, 0.25) is 0 Å². The second-order valence-corrected chi connectivity index (χ2v) is 6.10. The molecule has 114 valence electrons. The summed E-state index contributed by atoms with van der Waals surface area (Å²) in [7, 11) is 0. The number of hydrogen-bond donors (Lipinski definition) is 1. The summed E-state index contributed by atoms with van der Waals surface area (Å²) in [6, 6.07) is 2.03. The number of esters is 1. The molecule has 0 spiro atoms. The van der Waals surface area contributed by atoms with Crippen molar-refractivity contribution in [2.75, 3.05) is 17.3 Å². The van der Waals surface area contributed by atoms with Gasteiger partial charge in [-0.3, -0.25) is 4.79 Å². The number of nitriles is 1. The summed E-state index contributed by atoms with van der Waals surface area (Å²) in [5.41, 5.74) is 0.883. The van der Waals surface area contributed by atoms with E-state index < -0.39 is 5.97 Å². The van der Waals surface area contributed by atoms with Gasteiger partial charge in [-0.1, -0.05) is 15.9 Å². The van der Waals surface area contributed by atoms with Crippen molar-refractivity contribution in [2.24, 2.45) is 0 Å². The second kappa shape index (κ2) is 8.80. The summed E-state index contributed by atoms with van der Waals surface area (Å²) in [6.45, 7) is 3.67. The van der Waals surface area contributed by atoms with Gasteiger partial charge in [0, 0.05) is 11.8 Å². The van der Waals surface area contributed by atoms with Gasteiger partial charge in [-0.25, -0.2) is 4.79 Å². The number of alkyl halides is 1. The molecule has 1 aromatic heterocycles. The van der Waals surface area contributed by atoms with Gasteiger partial charge in [0.2, 0.25) is 5.91 Å². The Hall–Kier alpha value is -1.39. The molecule has 0 atom stereocenters. The van der Waals surface area contributed by atoms with E-state index in [1.807, 2.05) is 6.07 Å². The van der Waals surface area contributed by atoms with Gasteiger partial charge in [-0.05, 0) is 32.3 Å². The minimum absolute atomic E-state index is 0.149. The molecule has 5 nitrogen and oxygen atoms in total. The number of carbonyl (C=O) groups is 2. The third-order valence-electron chi connectivity index (χ3n) is 2.76. The molecule has 0 aromatic carbocycles. The van der Waals surface area contributed by atoms with E-state index in [9.17, 15) is 14.9 Å². The molecule has 0 radical (unpaired) electrons. The van der Waals surface area contributed by atoms with E-state index >= 15 is 0 Å². The first kappa shape index (κ1) is 17.7. The van der Waals surface area contributed by atoms with Crippen molar-refractivity contribution in [3.05, 3.63) is 16.0 Å². The highest BCUT2D eigenvalue weighted by Gasteiger charge is 2.21. The Morgan fingerprint density at radius 3 is 2.71 bits per heavy atom. The SMILES string of the molecule is CCOC(=O)c1sc(NC(=O)CCCCBr)c(C#N)c1C. The third kappa shape index (κ3) is 4.83. The Morgan fingerprint density at radius 1 is 1.43 bits per heavy atom. The fourth-order valence-electron chi connectivity index (χ4n) is 1.70. The van der Waals surface area contributed by atoms with Gasteiger partial charge in [0.1, 0.15) is 15.9 Å². The summed E-state index contributed by atoms with van der Waals surface area (Å²) in [4.78, 5) is 24.0. The number of ether oxygens (including phenoxy) is 1. The molecule has 1 aromatic rings. The van der Waals surface area contributed by atoms with Crippen LogP contribution in [0.5, 0.6) is 0 Å². The lowest BCUT2D eigenvalue weighted by Crippen LogP contribution is -2.10. The largest absolute Gasteiger partial charge is 0.462 e. The van der Waals surface area contributed by atoms with Crippen LogP contribution in [0.3, 0.4) is 0 Å². The summed E-state index contributed by atoms with van der Waals surface area (Å²) in [5.74, 6) is -0.611. The van der Waals surface area contributed by atoms with Crippen molar-refractivity contribution >= 4 is 44.1 Å². The molecule has 7 heteroatoms. The first-order valence-electron chi connectivity index (χ1n) is 6.61. The number of amides is 1. The van der Waals surface area contributed by atoms with E-state index in [0.29, 0.717) is 27.4 Å². The topological polar surface area (TPSA) is 79.2 Å². The Morgan fingerprint density at radius 2 is 2.14 bits per heavy atom. The van der Waals surface area contributed by atoms with E-state index in [4.69, 9.17) is 4.74 Å². The molecule has 0 saturated carbocycles. The molecule has 21 heavy (non-hydrogen) atoms. The molecule has 1 N–H and O–H groups in total. The van der Waals surface area contributed by atoms with Crippen LogP contribution in [0.15, 0.2) is 0 Å². The highest BCUT2D eigenvalue weighted by Crippen LogP contribution is 2.33. The smallest absolute Gasteiger partial charge is 0.348 e. The minimum Gasteiger partial charge on any atom is -0.462 e. The third-order valence-corrected chi connectivity index (χ3v) is 4.51. The molecule has 1 amide bonds. The van der Waals surface area contributed by atoms with E-state index in [2.05, 4.69) is 21.2 Å². The Bertz CT molecular complexity index is 563. The molecule has 0 aliphatic rings. The van der Waals surface area contributed by atoms with E-state index in [1.54, 1.807) is 13.8 Å². The lowest BCUT2D eigenvalue weighted by molar-refractivity contribution is -0.116. The number of carbonyl (C=O) groups excluding carboxylic acids is 2. The number of rotatable bonds is 7. The molecular formula is C14H17BrN2O3S. The fraction of sp³-hybridized carbons (Fsp3) is 0.500. The molecule has 1 rings (SSSR count). The van der Waals surface area contributed by atoms with Gasteiger partial charge < -0.3 is 10.1 Å². The van der Waals surface area contributed by atoms with Crippen LogP contribution in [0.1, 0.15) is 47.0 Å². The molecule has 0 aliphatic heterocycles. The monoisotopic (exact) mass is 372 g/mol. The van der Waals surface area contributed by atoms with Crippen molar-refractivity contribution in [3.63, 3.8) is 0 Å². The first-order valence-corrected chi connectivity index (χ1v) is 8.55. The van der Waals surface area contributed by atoms with Crippen molar-refractivity contribution in [3.8, 4) is 6.07 Å². The fourth-order valence-corrected chi connectivity index (χ4v) is 3.16. The van der Waals surface area contributed by atoms with Crippen LogP contribution in [-0.4, -0.2) is 23.8 Å². The normalized spacial score (nSPS) is 10.0. The van der Waals surface area contributed by atoms with Crippen LogP contribution in [-0.2, 0) is 9.53 Å². The quantitative estimate of drug-likeness (QED) is 0.450. The maximum Gasteiger partial charge on any atom is 0.348 e. The van der Waals surface area contributed by atoms with E-state index in [-0.39, 0.29) is 12.5 Å².